The van der Waals surface area contributed by atoms with Crippen molar-refractivity contribution < 1.29 is 28.6 Å². The van der Waals surface area contributed by atoms with Crippen molar-refractivity contribution in [3.8, 4) is 33.6 Å². The van der Waals surface area contributed by atoms with E-state index >= 15 is 0 Å². The SMILES string of the molecule is CC(C)c1ccnc(-c2[c-]cc3oc4cc(-c5ccccc5)ccc4c3c2)c1.[2H]C([2H])([2H])c1c[c-]c(-c2cc(C)[c]([Ge]([CH3])([CH3])[CH3])cn2)cc1.[Ir]. The van der Waals surface area contributed by atoms with Gasteiger partial charge in [0.15, 0.2) is 0 Å². The average molecular weight is 857 g/mol. The van der Waals surface area contributed by atoms with Crippen LogP contribution in [0.15, 0.2) is 114 Å². The Balaban J connectivity index is 0.000000199. The van der Waals surface area contributed by atoms with Gasteiger partial charge in [-0.05, 0) is 34.9 Å². The van der Waals surface area contributed by atoms with Gasteiger partial charge in [0.1, 0.15) is 5.58 Å². The molecular weight excluding hydrogens is 813 g/mol. The van der Waals surface area contributed by atoms with E-state index in [4.69, 9.17) is 8.53 Å². The van der Waals surface area contributed by atoms with Crippen molar-refractivity contribution in [1.29, 1.82) is 0 Å². The maximum Gasteiger partial charge on any atom is 0 e. The molecule has 0 aliphatic rings. The van der Waals surface area contributed by atoms with Crippen LogP contribution in [0.4, 0.5) is 0 Å². The van der Waals surface area contributed by atoms with E-state index in [2.05, 4.69) is 127 Å². The van der Waals surface area contributed by atoms with Crippen LogP contribution in [-0.2, 0) is 20.1 Å². The summed E-state index contributed by atoms with van der Waals surface area (Å²) in [6.45, 7) is 4.43. The predicted molar refractivity (Wildman–Crippen MR) is 196 cm³/mol. The molecule has 3 heterocycles. The molecule has 0 spiro atoms. The summed E-state index contributed by atoms with van der Waals surface area (Å²) < 4.78 is 29.7. The van der Waals surface area contributed by atoms with Crippen LogP contribution in [0.3, 0.4) is 0 Å². The van der Waals surface area contributed by atoms with Gasteiger partial charge in [0.25, 0.3) is 0 Å². The number of rotatable bonds is 5. The number of nitrogens with zero attached hydrogens (tertiary/aromatic N) is 2. The van der Waals surface area contributed by atoms with Crippen molar-refractivity contribution in [2.45, 2.75) is 50.8 Å². The van der Waals surface area contributed by atoms with Gasteiger partial charge in [-0.15, -0.1) is 23.8 Å². The molecule has 3 nitrogen and oxygen atoms in total. The fourth-order valence-corrected chi connectivity index (χ4v) is 9.29. The molecule has 7 aromatic rings. The molecule has 1 radical (unpaired) electrons. The van der Waals surface area contributed by atoms with E-state index in [1.807, 2.05) is 24.5 Å². The predicted octanol–water partition coefficient (Wildman–Crippen LogP) is 10.9. The number of pyridine rings is 2. The van der Waals surface area contributed by atoms with Crippen LogP contribution in [0.5, 0.6) is 0 Å². The summed E-state index contributed by atoms with van der Waals surface area (Å²) in [4.78, 5) is 9.10. The first-order valence-electron chi connectivity index (χ1n) is 17.2. The Kier molecular flexibility index (Phi) is 9.42. The van der Waals surface area contributed by atoms with Crippen molar-refractivity contribution in [3.63, 3.8) is 0 Å². The molecule has 0 aliphatic carbocycles. The van der Waals surface area contributed by atoms with Crippen LogP contribution in [-0.4, -0.2) is 23.2 Å². The van der Waals surface area contributed by atoms with Gasteiger partial charge in [-0.1, -0.05) is 73.3 Å². The van der Waals surface area contributed by atoms with Gasteiger partial charge in [-0.2, -0.15) is 0 Å². The van der Waals surface area contributed by atoms with Crippen LogP contribution in [0, 0.1) is 25.9 Å². The normalized spacial score (nSPS) is 12.5. The quantitative estimate of drug-likeness (QED) is 0.128. The van der Waals surface area contributed by atoms with E-state index in [0.717, 1.165) is 50.0 Å². The van der Waals surface area contributed by atoms with E-state index in [1.54, 1.807) is 12.1 Å². The Morgan fingerprint density at radius 1 is 0.745 bits per heavy atom. The molecule has 0 fully saturated rings. The molecule has 0 amide bonds. The average Bonchev–Trinajstić information content (AvgIpc) is 3.45. The fraction of sp³-hybridized carbons (Fsp3) is 0.190. The molecule has 0 bridgehead atoms. The van der Waals surface area contributed by atoms with Crippen molar-refractivity contribution in [2.75, 3.05) is 0 Å². The minimum atomic E-state index is -2.08. The number of aromatic nitrogens is 2. The molecule has 4 aromatic carbocycles. The second-order valence-electron chi connectivity index (χ2n) is 13.1. The van der Waals surface area contributed by atoms with Crippen LogP contribution in [0.2, 0.25) is 17.3 Å². The third-order valence-electron chi connectivity index (χ3n) is 8.25. The largest absolute Gasteiger partial charge is 0 e. The Hall–Kier alpha value is -3.83. The van der Waals surface area contributed by atoms with Crippen LogP contribution in [0.25, 0.3) is 55.6 Å². The summed E-state index contributed by atoms with van der Waals surface area (Å²) in [6, 6.07) is 38.5. The third-order valence-corrected chi connectivity index (χ3v) is 12.7. The molecule has 0 unspecified atom stereocenters. The summed E-state index contributed by atoms with van der Waals surface area (Å²) in [6.07, 6.45) is 3.86. The van der Waals surface area contributed by atoms with Crippen molar-refractivity contribution in [1.82, 2.24) is 9.97 Å². The zero-order chi connectivity index (χ0) is 34.9. The minimum Gasteiger partial charge on any atom is 0 e. The van der Waals surface area contributed by atoms with Crippen molar-refractivity contribution in [2.24, 2.45) is 0 Å². The van der Waals surface area contributed by atoms with Crippen LogP contribution < -0.4 is 4.40 Å². The Morgan fingerprint density at radius 3 is 2.19 bits per heavy atom. The van der Waals surface area contributed by atoms with Crippen molar-refractivity contribution >= 4 is 39.6 Å². The molecule has 3 aromatic heterocycles. The number of furan rings is 1. The molecule has 239 valence electrons. The van der Waals surface area contributed by atoms with E-state index in [-0.39, 0.29) is 20.1 Å². The van der Waals surface area contributed by atoms with E-state index < -0.39 is 20.1 Å². The second-order valence-corrected chi connectivity index (χ2v) is 23.6. The number of benzene rings is 4. The zero-order valence-corrected chi connectivity index (χ0v) is 32.1. The summed E-state index contributed by atoms with van der Waals surface area (Å²) in [5.41, 5.74) is 10.6. The molecule has 5 heteroatoms. The van der Waals surface area contributed by atoms with Gasteiger partial charge in [-0.25, -0.2) is 0 Å². The van der Waals surface area contributed by atoms with E-state index in [9.17, 15) is 0 Å². The monoisotopic (exact) mass is 858 g/mol. The maximum atomic E-state index is 7.38. The van der Waals surface area contributed by atoms with Gasteiger partial charge < -0.3 is 9.40 Å². The molecule has 0 saturated carbocycles. The topological polar surface area (TPSA) is 38.9 Å². The first-order chi connectivity index (χ1) is 23.3. The second kappa shape index (κ2) is 14.5. The minimum absolute atomic E-state index is 0. The van der Waals surface area contributed by atoms with Gasteiger partial charge in [0, 0.05) is 31.7 Å². The first kappa shape index (κ1) is 30.5. The maximum absolute atomic E-state index is 7.38. The zero-order valence-electron chi connectivity index (χ0n) is 30.6. The van der Waals surface area contributed by atoms with Crippen LogP contribution >= 0.6 is 0 Å². The molecule has 0 saturated heterocycles. The van der Waals surface area contributed by atoms with Gasteiger partial charge in [0.2, 0.25) is 0 Å². The number of hydrogen-bond acceptors (Lipinski definition) is 3. The Labute approximate surface area is 299 Å². The first-order valence-corrected chi connectivity index (χ1v) is 23.0. The summed E-state index contributed by atoms with van der Waals surface area (Å²) in [5, 5.41) is 2.21. The molecule has 47 heavy (non-hydrogen) atoms. The van der Waals surface area contributed by atoms with E-state index in [1.165, 1.54) is 27.2 Å². The smallest absolute Gasteiger partial charge is 0 e. The van der Waals surface area contributed by atoms with E-state index in [0.29, 0.717) is 11.5 Å². The van der Waals surface area contributed by atoms with Crippen molar-refractivity contribution in [3.05, 3.63) is 138 Å². The molecule has 0 aliphatic heterocycles. The standard InChI is InChI=1S/C26H20NO.C16H20GeN.Ir/c1-17(2)19-12-13-27-24(15-19)21-9-11-25-23(14-21)22-10-8-20(16-26(22)28-25)18-6-4-3-5-7-18;1-12-6-8-14(9-7-12)16-10-13(2)15(11-18-16)17(3,4)5;/h3-8,10-17H,1-2H3;6-8,10-11H,1-5H3;/q2*-1;/i;1D3;. The third kappa shape index (κ3) is 7.84. The summed E-state index contributed by atoms with van der Waals surface area (Å²) in [5.74, 6) is 7.51. The Bertz CT molecular complexity index is 2240. The van der Waals surface area contributed by atoms with Gasteiger partial charge >= 0.3 is 117 Å². The number of aryl methyl sites for hydroxylation is 2. The fourth-order valence-electron chi connectivity index (χ4n) is 5.70. The molecular formula is C42H40GeIrN2O-2. The molecule has 0 N–H and O–H groups in total. The van der Waals surface area contributed by atoms with Gasteiger partial charge in [0.05, 0.1) is 5.58 Å². The Morgan fingerprint density at radius 2 is 1.51 bits per heavy atom. The molecule has 0 atom stereocenters. The number of fused-ring (bicyclic) bond motifs is 3. The summed E-state index contributed by atoms with van der Waals surface area (Å²) in [7, 11) is 0. The molecule has 7 rings (SSSR count). The van der Waals surface area contributed by atoms with Crippen LogP contribution in [0.1, 0.15) is 40.6 Å². The summed E-state index contributed by atoms with van der Waals surface area (Å²) >= 11 is -1.89. The van der Waals surface area contributed by atoms with Gasteiger partial charge in [-0.3, -0.25) is 0 Å². The number of hydrogen-bond donors (Lipinski definition) is 0.